The first-order chi connectivity index (χ1) is 15.2. The van der Waals surface area contributed by atoms with Crippen LogP contribution in [0.3, 0.4) is 0 Å². The van der Waals surface area contributed by atoms with Crippen molar-refractivity contribution >= 4 is 62.7 Å². The van der Waals surface area contributed by atoms with Gasteiger partial charge in [-0.25, -0.2) is 4.79 Å². The van der Waals surface area contributed by atoms with E-state index in [1.807, 2.05) is 0 Å². The van der Waals surface area contributed by atoms with Crippen LogP contribution in [0.5, 0.6) is 0 Å². The first kappa shape index (κ1) is 23.7. The van der Waals surface area contributed by atoms with Crippen LogP contribution in [0.1, 0.15) is 22.3 Å². The summed E-state index contributed by atoms with van der Waals surface area (Å²) in [7, 11) is 1.28. The number of anilines is 2. The van der Waals surface area contributed by atoms with Gasteiger partial charge in [0.1, 0.15) is 0 Å². The van der Waals surface area contributed by atoms with Crippen LogP contribution in [0.4, 0.5) is 11.4 Å². The summed E-state index contributed by atoms with van der Waals surface area (Å²) in [6, 6.07) is 9.69. The zero-order valence-electron chi connectivity index (χ0n) is 17.3. The molecule has 1 aliphatic rings. The van der Waals surface area contributed by atoms with Gasteiger partial charge >= 0.3 is 11.9 Å². The largest absolute Gasteiger partial charge is 0.465 e. The molecule has 0 spiro atoms. The van der Waals surface area contributed by atoms with Crippen LogP contribution in [0, 0.1) is 12.8 Å². The second-order valence-corrected chi connectivity index (χ2v) is 8.37. The summed E-state index contributed by atoms with van der Waals surface area (Å²) in [5.41, 5.74) is 2.10. The van der Waals surface area contributed by atoms with Gasteiger partial charge in [-0.05, 0) is 64.8 Å². The number of nitrogens with one attached hydrogen (secondary N) is 1. The van der Waals surface area contributed by atoms with Gasteiger partial charge in [0.25, 0.3) is 5.91 Å². The van der Waals surface area contributed by atoms with E-state index in [1.165, 1.54) is 12.0 Å². The minimum absolute atomic E-state index is 0.0271. The van der Waals surface area contributed by atoms with Crippen LogP contribution in [-0.2, 0) is 23.9 Å². The molecule has 8 nitrogen and oxygen atoms in total. The Morgan fingerprint density at radius 3 is 2.53 bits per heavy atom. The molecule has 2 amide bonds. The number of carbonyl (C=O) groups excluding carboxylic acids is 4. The second kappa shape index (κ2) is 10.1. The van der Waals surface area contributed by atoms with Gasteiger partial charge < -0.3 is 19.7 Å². The van der Waals surface area contributed by atoms with E-state index >= 15 is 0 Å². The van der Waals surface area contributed by atoms with E-state index in [2.05, 4.69) is 26.0 Å². The number of amides is 2. The lowest BCUT2D eigenvalue weighted by Gasteiger charge is -2.17. The van der Waals surface area contributed by atoms with Gasteiger partial charge in [0.2, 0.25) is 5.91 Å². The topological polar surface area (TPSA) is 102 Å². The Morgan fingerprint density at radius 1 is 1.19 bits per heavy atom. The standard InChI is InChI=1S/C22H20BrClN2O6/c1-12-17(8-7-16(23)20(12)24)25-18(27)11-32-22(30)14-9-19(28)26(10-14)15-5-3-13(4-6-15)21(29)31-2/h3-8,14H,9-11H2,1-2H3,(H,25,27)/t14-/m0/s1. The van der Waals surface area contributed by atoms with E-state index in [1.54, 1.807) is 43.3 Å². The lowest BCUT2D eigenvalue weighted by Crippen LogP contribution is -2.28. The molecule has 32 heavy (non-hydrogen) atoms. The number of methoxy groups -OCH3 is 1. The number of hydrogen-bond donors (Lipinski definition) is 1. The zero-order chi connectivity index (χ0) is 23.4. The average molecular weight is 524 g/mol. The second-order valence-electron chi connectivity index (χ2n) is 7.13. The molecule has 1 fully saturated rings. The van der Waals surface area contributed by atoms with E-state index < -0.39 is 30.4 Å². The predicted octanol–water partition coefficient (Wildman–Crippen LogP) is 3.73. The number of hydrogen-bond acceptors (Lipinski definition) is 6. The maximum Gasteiger partial charge on any atom is 0.337 e. The van der Waals surface area contributed by atoms with Crippen molar-refractivity contribution in [3.05, 3.63) is 57.0 Å². The molecule has 0 aromatic heterocycles. The van der Waals surface area contributed by atoms with Crippen molar-refractivity contribution in [1.29, 1.82) is 0 Å². The molecule has 0 bridgehead atoms. The fraction of sp³-hybridized carbons (Fsp3) is 0.273. The number of benzene rings is 2. The van der Waals surface area contributed by atoms with Crippen LogP contribution in [-0.4, -0.2) is 44.0 Å². The lowest BCUT2D eigenvalue weighted by atomic mass is 10.1. The van der Waals surface area contributed by atoms with E-state index in [9.17, 15) is 19.2 Å². The molecule has 168 valence electrons. The van der Waals surface area contributed by atoms with Gasteiger partial charge in [-0.2, -0.15) is 0 Å². The van der Waals surface area contributed by atoms with Crippen LogP contribution in [0.15, 0.2) is 40.9 Å². The third kappa shape index (κ3) is 5.28. The van der Waals surface area contributed by atoms with Gasteiger partial charge in [0.05, 0.1) is 23.6 Å². The van der Waals surface area contributed by atoms with Gasteiger partial charge in [-0.15, -0.1) is 0 Å². The molecular weight excluding hydrogens is 504 g/mol. The molecule has 1 N–H and O–H groups in total. The molecule has 0 radical (unpaired) electrons. The Labute approximate surface area is 197 Å². The smallest absolute Gasteiger partial charge is 0.337 e. The van der Waals surface area contributed by atoms with Crippen LogP contribution in [0.25, 0.3) is 0 Å². The molecule has 3 rings (SSSR count). The molecular formula is C22H20BrClN2O6. The third-order valence-electron chi connectivity index (χ3n) is 5.02. The number of nitrogens with zero attached hydrogens (tertiary/aromatic N) is 1. The zero-order valence-corrected chi connectivity index (χ0v) is 19.7. The lowest BCUT2D eigenvalue weighted by molar-refractivity contribution is -0.151. The molecule has 1 atom stereocenters. The molecule has 0 aliphatic carbocycles. The number of rotatable bonds is 6. The first-order valence-corrected chi connectivity index (χ1v) is 10.8. The maximum atomic E-state index is 12.4. The molecule has 1 saturated heterocycles. The quantitative estimate of drug-likeness (QED) is 0.579. The Bertz CT molecular complexity index is 1070. The normalized spacial score (nSPS) is 15.4. The summed E-state index contributed by atoms with van der Waals surface area (Å²) in [6.45, 7) is 1.40. The van der Waals surface area contributed by atoms with Gasteiger partial charge in [-0.3, -0.25) is 14.4 Å². The highest BCUT2D eigenvalue weighted by Crippen LogP contribution is 2.31. The van der Waals surface area contributed by atoms with Crippen molar-refractivity contribution in [2.24, 2.45) is 5.92 Å². The highest BCUT2D eigenvalue weighted by molar-refractivity contribution is 9.10. The van der Waals surface area contributed by atoms with E-state index in [0.717, 1.165) is 0 Å². The summed E-state index contributed by atoms with van der Waals surface area (Å²) >= 11 is 9.45. The molecule has 1 aliphatic heterocycles. The summed E-state index contributed by atoms with van der Waals surface area (Å²) in [5, 5.41) is 3.13. The Hall–Kier alpha value is -2.91. The Balaban J connectivity index is 1.55. The van der Waals surface area contributed by atoms with Gasteiger partial charge in [0, 0.05) is 28.8 Å². The van der Waals surface area contributed by atoms with E-state index in [-0.39, 0.29) is 18.9 Å². The highest BCUT2D eigenvalue weighted by atomic mass is 79.9. The minimum atomic E-state index is -0.695. The summed E-state index contributed by atoms with van der Waals surface area (Å²) in [4.78, 5) is 49.9. The number of ether oxygens (including phenoxy) is 2. The van der Waals surface area contributed by atoms with Crippen molar-refractivity contribution in [3.63, 3.8) is 0 Å². The Morgan fingerprint density at radius 2 is 1.88 bits per heavy atom. The third-order valence-corrected chi connectivity index (χ3v) is 6.39. The Kier molecular flexibility index (Phi) is 7.52. The fourth-order valence-electron chi connectivity index (χ4n) is 3.24. The highest BCUT2D eigenvalue weighted by Gasteiger charge is 2.36. The monoisotopic (exact) mass is 522 g/mol. The van der Waals surface area contributed by atoms with Crippen LogP contribution < -0.4 is 10.2 Å². The molecule has 2 aromatic carbocycles. The summed E-state index contributed by atoms with van der Waals surface area (Å²) < 4.78 is 10.5. The fourth-order valence-corrected chi connectivity index (χ4v) is 3.83. The number of halogens is 2. The number of esters is 2. The van der Waals surface area contributed by atoms with Crippen LogP contribution >= 0.6 is 27.5 Å². The SMILES string of the molecule is COC(=O)c1ccc(N2C[C@@H](C(=O)OCC(=O)Nc3ccc(Br)c(Cl)c3C)CC2=O)cc1. The van der Waals surface area contributed by atoms with Gasteiger partial charge in [-0.1, -0.05) is 11.6 Å². The van der Waals surface area contributed by atoms with Crippen molar-refractivity contribution in [2.75, 3.05) is 30.5 Å². The maximum absolute atomic E-state index is 12.4. The predicted molar refractivity (Wildman–Crippen MR) is 122 cm³/mol. The van der Waals surface area contributed by atoms with Crippen molar-refractivity contribution in [3.8, 4) is 0 Å². The van der Waals surface area contributed by atoms with Crippen molar-refractivity contribution in [2.45, 2.75) is 13.3 Å². The average Bonchev–Trinajstić information content (AvgIpc) is 3.19. The molecule has 1 heterocycles. The summed E-state index contributed by atoms with van der Waals surface area (Å²) in [5.74, 6) is -2.57. The van der Waals surface area contributed by atoms with E-state index in [4.69, 9.17) is 16.3 Å². The first-order valence-electron chi connectivity index (χ1n) is 9.61. The number of carbonyl (C=O) groups is 4. The van der Waals surface area contributed by atoms with Crippen LogP contribution in [0.2, 0.25) is 5.02 Å². The van der Waals surface area contributed by atoms with E-state index in [0.29, 0.717) is 32.0 Å². The summed E-state index contributed by atoms with van der Waals surface area (Å²) in [6.07, 6.45) is -0.0271. The minimum Gasteiger partial charge on any atom is -0.465 e. The molecule has 10 heteroatoms. The van der Waals surface area contributed by atoms with Gasteiger partial charge in [0.15, 0.2) is 6.61 Å². The van der Waals surface area contributed by atoms with Crippen molar-refractivity contribution < 1.29 is 28.7 Å². The molecule has 0 unspecified atom stereocenters. The van der Waals surface area contributed by atoms with Crippen molar-refractivity contribution in [1.82, 2.24) is 0 Å². The molecule has 2 aromatic rings. The molecule has 0 saturated carbocycles.